The number of esters is 1. The molecule has 2 N–H and O–H groups in total. The van der Waals surface area contributed by atoms with Gasteiger partial charge in [-0.1, -0.05) is 0 Å². The van der Waals surface area contributed by atoms with Crippen molar-refractivity contribution < 1.29 is 24.2 Å². The number of rotatable bonds is 3. The van der Waals surface area contributed by atoms with Gasteiger partial charge in [0.05, 0.1) is 7.11 Å². The molecule has 7 nitrogen and oxygen atoms in total. The molecule has 0 radical (unpaired) electrons. The quantitative estimate of drug-likeness (QED) is 0.670. The van der Waals surface area contributed by atoms with Gasteiger partial charge in [-0.25, -0.2) is 9.59 Å². The first-order chi connectivity index (χ1) is 7.97. The van der Waals surface area contributed by atoms with Crippen molar-refractivity contribution in [2.24, 2.45) is 0 Å². The van der Waals surface area contributed by atoms with Crippen LogP contribution in [-0.4, -0.2) is 53.7 Å². The van der Waals surface area contributed by atoms with Crippen molar-refractivity contribution >= 4 is 18.0 Å². The molecular formula is C10H16N2O5. The van der Waals surface area contributed by atoms with Gasteiger partial charge in [-0.05, 0) is 19.8 Å². The van der Waals surface area contributed by atoms with Crippen LogP contribution in [-0.2, 0) is 14.3 Å². The molecule has 1 saturated heterocycles. The molecule has 1 aliphatic rings. The number of carboxylic acids is 1. The first kappa shape index (κ1) is 13.3. The Balaban J connectivity index is 2.62. The second kappa shape index (κ2) is 5.51. The van der Waals surface area contributed by atoms with Crippen LogP contribution in [0.25, 0.3) is 0 Å². The summed E-state index contributed by atoms with van der Waals surface area (Å²) in [5.74, 6) is -1.59. The normalized spacial score (nSPS) is 20.8. The zero-order valence-electron chi connectivity index (χ0n) is 9.80. The van der Waals surface area contributed by atoms with Crippen LogP contribution in [0.3, 0.4) is 0 Å². The van der Waals surface area contributed by atoms with Crippen molar-refractivity contribution in [2.45, 2.75) is 31.8 Å². The average molecular weight is 244 g/mol. The predicted molar refractivity (Wildman–Crippen MR) is 57.4 cm³/mol. The number of urea groups is 1. The molecule has 0 aromatic heterocycles. The molecule has 2 atom stereocenters. The molecule has 17 heavy (non-hydrogen) atoms. The minimum absolute atomic E-state index is 0.429. The summed E-state index contributed by atoms with van der Waals surface area (Å²) in [6.45, 7) is 1.79. The lowest BCUT2D eigenvalue weighted by Crippen LogP contribution is -2.50. The lowest BCUT2D eigenvalue weighted by atomic mass is 10.2. The third-order valence-corrected chi connectivity index (χ3v) is 2.70. The molecule has 1 rings (SSSR count). The minimum atomic E-state index is -1.12. The fraction of sp³-hybridized carbons (Fsp3) is 0.700. The highest BCUT2D eigenvalue weighted by Crippen LogP contribution is 2.18. The second-order valence-corrected chi connectivity index (χ2v) is 3.88. The number of carboxylic acid groups (broad SMARTS) is 1. The number of ether oxygens (including phenoxy) is 1. The molecule has 0 aromatic rings. The number of carbonyl (C=O) groups excluding carboxylic acids is 2. The van der Waals surface area contributed by atoms with E-state index >= 15 is 0 Å². The van der Waals surface area contributed by atoms with Crippen LogP contribution in [0.15, 0.2) is 0 Å². The molecule has 0 saturated carbocycles. The van der Waals surface area contributed by atoms with Gasteiger partial charge in [-0.15, -0.1) is 0 Å². The number of methoxy groups -OCH3 is 1. The Bertz CT molecular complexity index is 331. The summed E-state index contributed by atoms with van der Waals surface area (Å²) in [5.41, 5.74) is 0. The van der Waals surface area contributed by atoms with Crippen molar-refractivity contribution in [3.8, 4) is 0 Å². The number of hydrogen-bond acceptors (Lipinski definition) is 4. The summed E-state index contributed by atoms with van der Waals surface area (Å²) in [7, 11) is 1.26. The van der Waals surface area contributed by atoms with E-state index in [9.17, 15) is 14.4 Å². The molecule has 0 aromatic carbocycles. The van der Waals surface area contributed by atoms with Gasteiger partial charge in [0.25, 0.3) is 0 Å². The average Bonchev–Trinajstić information content (AvgIpc) is 2.76. The third-order valence-electron chi connectivity index (χ3n) is 2.70. The van der Waals surface area contributed by atoms with E-state index in [2.05, 4.69) is 10.1 Å². The maximum absolute atomic E-state index is 11.7. The van der Waals surface area contributed by atoms with Gasteiger partial charge in [-0.2, -0.15) is 0 Å². The Morgan fingerprint density at radius 3 is 2.65 bits per heavy atom. The van der Waals surface area contributed by atoms with Gasteiger partial charge in [0.1, 0.15) is 12.1 Å². The van der Waals surface area contributed by atoms with E-state index in [1.807, 2.05) is 0 Å². The lowest BCUT2D eigenvalue weighted by Gasteiger charge is -2.24. The van der Waals surface area contributed by atoms with Gasteiger partial charge < -0.3 is 20.1 Å². The van der Waals surface area contributed by atoms with E-state index in [0.29, 0.717) is 19.4 Å². The first-order valence-electron chi connectivity index (χ1n) is 5.35. The van der Waals surface area contributed by atoms with Crippen LogP contribution >= 0.6 is 0 Å². The molecule has 0 spiro atoms. The minimum Gasteiger partial charge on any atom is -0.480 e. The fourth-order valence-electron chi connectivity index (χ4n) is 1.72. The highest BCUT2D eigenvalue weighted by atomic mass is 16.5. The Kier molecular flexibility index (Phi) is 4.30. The molecule has 2 unspecified atom stereocenters. The summed E-state index contributed by atoms with van der Waals surface area (Å²) < 4.78 is 4.59. The summed E-state index contributed by atoms with van der Waals surface area (Å²) in [6, 6.07) is -2.14. The van der Waals surface area contributed by atoms with E-state index in [0.717, 1.165) is 0 Å². The molecular weight excluding hydrogens is 228 g/mol. The molecule has 0 bridgehead atoms. The maximum Gasteiger partial charge on any atom is 0.328 e. The summed E-state index contributed by atoms with van der Waals surface area (Å²) >= 11 is 0. The van der Waals surface area contributed by atoms with E-state index in [4.69, 9.17) is 5.11 Å². The van der Waals surface area contributed by atoms with Crippen LogP contribution in [0.4, 0.5) is 4.79 Å². The molecule has 1 aliphatic heterocycles. The standard InChI is InChI=1S/C10H16N2O5/c1-6(8(13)14)11-10(16)12-5-3-4-7(12)9(15)17-2/h6-7H,3-5H2,1-2H3,(H,11,16)(H,13,14). The molecule has 2 amide bonds. The second-order valence-electron chi connectivity index (χ2n) is 3.88. The summed E-state index contributed by atoms with van der Waals surface area (Å²) in [4.78, 5) is 35.0. The number of carbonyl (C=O) groups is 3. The van der Waals surface area contributed by atoms with E-state index < -0.39 is 30.1 Å². The van der Waals surface area contributed by atoms with Crippen LogP contribution in [0.1, 0.15) is 19.8 Å². The topological polar surface area (TPSA) is 95.9 Å². The predicted octanol–water partition coefficient (Wildman–Crippen LogP) is -0.193. The highest BCUT2D eigenvalue weighted by Gasteiger charge is 2.35. The lowest BCUT2D eigenvalue weighted by molar-refractivity contribution is -0.144. The Morgan fingerprint density at radius 1 is 1.47 bits per heavy atom. The zero-order chi connectivity index (χ0) is 13.0. The first-order valence-corrected chi connectivity index (χ1v) is 5.35. The highest BCUT2D eigenvalue weighted by molar-refractivity contribution is 5.86. The SMILES string of the molecule is COC(=O)C1CCCN1C(=O)NC(C)C(=O)O. The number of amides is 2. The van der Waals surface area contributed by atoms with Crippen molar-refractivity contribution in [1.82, 2.24) is 10.2 Å². The van der Waals surface area contributed by atoms with Crippen LogP contribution in [0, 0.1) is 0 Å². The number of hydrogen-bond donors (Lipinski definition) is 2. The largest absolute Gasteiger partial charge is 0.480 e. The monoisotopic (exact) mass is 244 g/mol. The molecule has 7 heteroatoms. The van der Waals surface area contributed by atoms with Crippen LogP contribution in [0.5, 0.6) is 0 Å². The van der Waals surface area contributed by atoms with Crippen molar-refractivity contribution in [3.63, 3.8) is 0 Å². The zero-order valence-corrected chi connectivity index (χ0v) is 9.80. The Morgan fingerprint density at radius 2 is 2.12 bits per heavy atom. The summed E-state index contributed by atoms with van der Waals surface area (Å²) in [6.07, 6.45) is 1.25. The fourth-order valence-corrected chi connectivity index (χ4v) is 1.72. The molecule has 0 aliphatic carbocycles. The van der Waals surface area contributed by atoms with Crippen LogP contribution < -0.4 is 5.32 Å². The third kappa shape index (κ3) is 3.08. The number of nitrogens with zero attached hydrogens (tertiary/aromatic N) is 1. The molecule has 1 fully saturated rings. The number of aliphatic carboxylic acids is 1. The molecule has 96 valence electrons. The molecule has 1 heterocycles. The maximum atomic E-state index is 11.7. The van der Waals surface area contributed by atoms with Crippen molar-refractivity contribution in [2.75, 3.05) is 13.7 Å². The number of likely N-dealkylation sites (tertiary alicyclic amines) is 1. The van der Waals surface area contributed by atoms with E-state index in [-0.39, 0.29) is 0 Å². The van der Waals surface area contributed by atoms with Gasteiger partial charge in [0.15, 0.2) is 0 Å². The van der Waals surface area contributed by atoms with Gasteiger partial charge in [-0.3, -0.25) is 4.79 Å². The van der Waals surface area contributed by atoms with Crippen molar-refractivity contribution in [3.05, 3.63) is 0 Å². The van der Waals surface area contributed by atoms with Crippen LogP contribution in [0.2, 0.25) is 0 Å². The van der Waals surface area contributed by atoms with Crippen molar-refractivity contribution in [1.29, 1.82) is 0 Å². The van der Waals surface area contributed by atoms with Gasteiger partial charge >= 0.3 is 18.0 Å². The number of nitrogens with one attached hydrogen (secondary N) is 1. The smallest absolute Gasteiger partial charge is 0.328 e. The summed E-state index contributed by atoms with van der Waals surface area (Å²) in [5, 5.41) is 11.0. The Hall–Kier alpha value is -1.79. The van der Waals surface area contributed by atoms with Gasteiger partial charge in [0.2, 0.25) is 0 Å². The Labute approximate surface area is 98.7 Å². The van der Waals surface area contributed by atoms with E-state index in [1.165, 1.54) is 18.9 Å². The van der Waals surface area contributed by atoms with E-state index in [1.54, 1.807) is 0 Å². The van der Waals surface area contributed by atoms with Gasteiger partial charge in [0, 0.05) is 6.54 Å².